The summed E-state index contributed by atoms with van der Waals surface area (Å²) in [5.41, 5.74) is 3.92. The molecule has 0 bridgehead atoms. The van der Waals surface area contributed by atoms with Gasteiger partial charge in [-0.3, -0.25) is 4.90 Å². The highest BCUT2D eigenvalue weighted by atomic mass is 32.1. The lowest BCUT2D eigenvalue weighted by atomic mass is 9.84. The average Bonchev–Trinajstić information content (AvgIpc) is 2.91. The largest absolute Gasteiger partial charge is 0.460 e. The molecule has 6 nitrogen and oxygen atoms in total. The van der Waals surface area contributed by atoms with Gasteiger partial charge in [-0.1, -0.05) is 0 Å². The van der Waals surface area contributed by atoms with E-state index < -0.39 is 0 Å². The molecule has 1 spiro atoms. The number of aromatic nitrogens is 3. The fraction of sp³-hybridized carbons (Fsp3) is 0.588. The van der Waals surface area contributed by atoms with Gasteiger partial charge in [0.15, 0.2) is 0 Å². The van der Waals surface area contributed by atoms with Gasteiger partial charge >= 0.3 is 6.01 Å². The van der Waals surface area contributed by atoms with Gasteiger partial charge in [-0.05, 0) is 19.9 Å². The van der Waals surface area contributed by atoms with Gasteiger partial charge in [-0.15, -0.1) is 11.3 Å². The molecule has 2 fully saturated rings. The van der Waals surface area contributed by atoms with Gasteiger partial charge in [0.25, 0.3) is 0 Å². The molecule has 0 aliphatic carbocycles. The second kappa shape index (κ2) is 6.38. The second-order valence-electron chi connectivity index (χ2n) is 6.75. The van der Waals surface area contributed by atoms with Crippen LogP contribution in [0.15, 0.2) is 17.8 Å². The van der Waals surface area contributed by atoms with E-state index in [1.165, 1.54) is 4.88 Å². The van der Waals surface area contributed by atoms with E-state index in [2.05, 4.69) is 26.8 Å². The zero-order chi connectivity index (χ0) is 16.6. The Bertz CT molecular complexity index is 714. The minimum Gasteiger partial charge on any atom is -0.460 e. The molecule has 1 unspecified atom stereocenters. The topological polar surface area (TPSA) is 60.4 Å². The van der Waals surface area contributed by atoms with Crippen LogP contribution in [0.5, 0.6) is 6.01 Å². The van der Waals surface area contributed by atoms with Crippen LogP contribution in [0.4, 0.5) is 0 Å². The van der Waals surface area contributed by atoms with Crippen LogP contribution in [0.25, 0.3) is 0 Å². The van der Waals surface area contributed by atoms with Gasteiger partial charge in [0, 0.05) is 49.2 Å². The molecule has 0 saturated carbocycles. The van der Waals surface area contributed by atoms with Crippen LogP contribution in [0.3, 0.4) is 0 Å². The summed E-state index contributed by atoms with van der Waals surface area (Å²) in [4.78, 5) is 16.6. The Labute approximate surface area is 145 Å². The molecule has 2 aliphatic rings. The van der Waals surface area contributed by atoms with Gasteiger partial charge in [0.1, 0.15) is 6.10 Å². The maximum Gasteiger partial charge on any atom is 0.316 e. The number of hydrogen-bond acceptors (Lipinski definition) is 7. The number of aryl methyl sites for hydroxylation is 2. The van der Waals surface area contributed by atoms with E-state index in [0.717, 1.165) is 50.5 Å². The Morgan fingerprint density at radius 3 is 3.00 bits per heavy atom. The molecule has 2 aliphatic heterocycles. The van der Waals surface area contributed by atoms with Crippen molar-refractivity contribution in [3.8, 4) is 6.01 Å². The average molecular weight is 346 g/mol. The molecule has 0 N–H and O–H groups in total. The second-order valence-corrected chi connectivity index (χ2v) is 7.69. The van der Waals surface area contributed by atoms with Crippen molar-refractivity contribution in [3.63, 3.8) is 0 Å². The third-order valence-corrected chi connectivity index (χ3v) is 5.65. The van der Waals surface area contributed by atoms with Gasteiger partial charge in [0.05, 0.1) is 23.4 Å². The first kappa shape index (κ1) is 15.9. The molecule has 4 rings (SSSR count). The molecule has 2 aromatic rings. The van der Waals surface area contributed by atoms with E-state index in [4.69, 9.17) is 9.47 Å². The highest BCUT2D eigenvalue weighted by molar-refractivity contribution is 7.09. The Morgan fingerprint density at radius 1 is 1.38 bits per heavy atom. The number of likely N-dealkylation sites (tertiary alicyclic amines) is 1. The normalized spacial score (nSPS) is 23.2. The summed E-state index contributed by atoms with van der Waals surface area (Å²) in [6.45, 7) is 7.64. The van der Waals surface area contributed by atoms with Crippen molar-refractivity contribution in [1.82, 2.24) is 19.9 Å². The van der Waals surface area contributed by atoms with Crippen LogP contribution in [0.2, 0.25) is 0 Å². The lowest BCUT2D eigenvalue weighted by Gasteiger charge is -2.52. The van der Waals surface area contributed by atoms with Crippen molar-refractivity contribution < 1.29 is 9.47 Å². The quantitative estimate of drug-likeness (QED) is 0.847. The van der Waals surface area contributed by atoms with Crippen molar-refractivity contribution >= 4 is 11.3 Å². The minimum absolute atomic E-state index is 0.0642. The molecule has 4 heterocycles. The van der Waals surface area contributed by atoms with Gasteiger partial charge < -0.3 is 9.47 Å². The smallest absolute Gasteiger partial charge is 0.316 e. The summed E-state index contributed by atoms with van der Waals surface area (Å²) in [7, 11) is 0. The molecule has 2 aromatic heterocycles. The lowest BCUT2D eigenvalue weighted by Crippen LogP contribution is -2.65. The van der Waals surface area contributed by atoms with E-state index in [1.54, 1.807) is 17.5 Å². The first-order chi connectivity index (χ1) is 11.6. The zero-order valence-electron chi connectivity index (χ0n) is 14.1. The zero-order valence-corrected chi connectivity index (χ0v) is 14.9. The van der Waals surface area contributed by atoms with Crippen molar-refractivity contribution in [2.24, 2.45) is 0 Å². The highest BCUT2D eigenvalue weighted by Gasteiger charge is 2.48. The van der Waals surface area contributed by atoms with Crippen molar-refractivity contribution in [2.45, 2.75) is 44.9 Å². The van der Waals surface area contributed by atoms with Crippen molar-refractivity contribution in [3.05, 3.63) is 34.0 Å². The summed E-state index contributed by atoms with van der Waals surface area (Å²) in [5, 5.41) is 0. The molecule has 1 atom stereocenters. The Kier molecular flexibility index (Phi) is 4.24. The van der Waals surface area contributed by atoms with Crippen LogP contribution in [0, 0.1) is 13.8 Å². The first-order valence-electron chi connectivity index (χ1n) is 8.33. The summed E-state index contributed by atoms with van der Waals surface area (Å²) in [5.74, 6) is 0. The lowest BCUT2D eigenvalue weighted by molar-refractivity contribution is -0.188. The first-order valence-corrected chi connectivity index (χ1v) is 9.21. The van der Waals surface area contributed by atoms with E-state index in [9.17, 15) is 0 Å². The van der Waals surface area contributed by atoms with E-state index in [-0.39, 0.29) is 11.7 Å². The third kappa shape index (κ3) is 3.29. The third-order valence-electron chi connectivity index (χ3n) is 4.73. The summed E-state index contributed by atoms with van der Waals surface area (Å²) < 4.78 is 12.1. The van der Waals surface area contributed by atoms with Gasteiger partial charge in [-0.2, -0.15) is 0 Å². The van der Waals surface area contributed by atoms with Crippen LogP contribution < -0.4 is 4.74 Å². The van der Waals surface area contributed by atoms with E-state index in [1.807, 2.05) is 18.5 Å². The summed E-state index contributed by atoms with van der Waals surface area (Å²) in [6, 6.07) is 2.36. The minimum atomic E-state index is -0.0642. The number of thiazole rings is 1. The Balaban J connectivity index is 1.33. The molecule has 0 aromatic carbocycles. The summed E-state index contributed by atoms with van der Waals surface area (Å²) >= 11 is 1.73. The molecule has 24 heavy (non-hydrogen) atoms. The molecule has 2 saturated heterocycles. The number of ether oxygens (including phenoxy) is 2. The van der Waals surface area contributed by atoms with Crippen molar-refractivity contribution in [1.29, 1.82) is 0 Å². The summed E-state index contributed by atoms with van der Waals surface area (Å²) in [6.07, 6.45) is 3.68. The van der Waals surface area contributed by atoms with Crippen LogP contribution >= 0.6 is 11.3 Å². The molecular formula is C17H22N4O2S. The van der Waals surface area contributed by atoms with E-state index in [0.29, 0.717) is 6.01 Å². The van der Waals surface area contributed by atoms with E-state index >= 15 is 0 Å². The number of hydrogen-bond donors (Lipinski definition) is 0. The Hall–Kier alpha value is -1.57. The predicted molar refractivity (Wildman–Crippen MR) is 91.2 cm³/mol. The monoisotopic (exact) mass is 346 g/mol. The van der Waals surface area contributed by atoms with Crippen molar-refractivity contribution in [2.75, 3.05) is 19.7 Å². The molecule has 0 radical (unpaired) electrons. The Morgan fingerprint density at radius 2 is 2.25 bits per heavy atom. The number of nitrogens with zero attached hydrogens (tertiary/aromatic N) is 4. The standard InChI is InChI=1S/C17H22N4O2S/c1-12-3-5-18-16(20-12)23-14-4-6-22-17(7-14)9-21(10-17)8-15-13(2)19-11-24-15/h3,5,11,14H,4,6-10H2,1-2H3. The van der Waals surface area contributed by atoms with Crippen LogP contribution in [0.1, 0.15) is 29.1 Å². The van der Waals surface area contributed by atoms with Crippen LogP contribution in [-0.2, 0) is 11.3 Å². The van der Waals surface area contributed by atoms with Gasteiger partial charge in [0.2, 0.25) is 0 Å². The SMILES string of the molecule is Cc1ccnc(OC2CCOC3(C2)CN(Cc2scnc2C)C3)n1. The molecule has 7 heteroatoms. The fourth-order valence-corrected chi connectivity index (χ4v) is 4.32. The maximum atomic E-state index is 6.10. The fourth-order valence-electron chi connectivity index (χ4n) is 3.50. The predicted octanol–water partition coefficient (Wildman–Crippen LogP) is 2.36. The molecule has 128 valence electrons. The van der Waals surface area contributed by atoms with Gasteiger partial charge in [-0.25, -0.2) is 15.0 Å². The molecular weight excluding hydrogens is 324 g/mol. The molecule has 0 amide bonds. The van der Waals surface area contributed by atoms with Crippen LogP contribution in [-0.4, -0.2) is 51.3 Å². The highest BCUT2D eigenvalue weighted by Crippen LogP contribution is 2.36. The number of rotatable bonds is 4. The maximum absolute atomic E-state index is 6.10.